The van der Waals surface area contributed by atoms with Gasteiger partial charge in [0, 0.05) is 24.8 Å². The van der Waals surface area contributed by atoms with Gasteiger partial charge in [-0.25, -0.2) is 0 Å². The molecule has 4 nitrogen and oxygen atoms in total. The molecule has 1 aromatic rings. The number of carbonyl (C=O) groups is 1. The highest BCUT2D eigenvalue weighted by molar-refractivity contribution is 5.82. The number of hydrogen-bond acceptors (Lipinski definition) is 3. The Morgan fingerprint density at radius 1 is 1.41 bits per heavy atom. The number of carbonyl (C=O) groups excluding carboxylic acids is 1. The maximum Gasteiger partial charge on any atom is 0.239 e. The molecule has 2 rings (SSSR count). The Labute approximate surface area is 102 Å². The first kappa shape index (κ1) is 11.9. The molecule has 4 heteroatoms. The van der Waals surface area contributed by atoms with Crippen molar-refractivity contribution >= 4 is 11.6 Å². The molecule has 1 amide bonds. The summed E-state index contributed by atoms with van der Waals surface area (Å²) in [7, 11) is 0. The standard InChI is InChI=1S/C13H19N3O/c1-10(14)11-5-2-3-6-12(11)16-8-4-7-15-13(17)9-16/h2-3,5-6,10H,4,7-9,14H2,1H3,(H,15,17)/t10-/m1/s1. The van der Waals surface area contributed by atoms with Gasteiger partial charge in [-0.05, 0) is 25.0 Å². The largest absolute Gasteiger partial charge is 0.362 e. The molecule has 1 fully saturated rings. The van der Waals surface area contributed by atoms with Crippen LogP contribution in [0.4, 0.5) is 5.69 Å². The van der Waals surface area contributed by atoms with Gasteiger partial charge < -0.3 is 16.0 Å². The molecule has 0 unspecified atom stereocenters. The van der Waals surface area contributed by atoms with Crippen LogP contribution in [-0.2, 0) is 4.79 Å². The molecule has 0 saturated carbocycles. The van der Waals surface area contributed by atoms with Gasteiger partial charge in [-0.15, -0.1) is 0 Å². The summed E-state index contributed by atoms with van der Waals surface area (Å²) in [5, 5.41) is 2.88. The van der Waals surface area contributed by atoms with E-state index in [1.54, 1.807) is 0 Å². The van der Waals surface area contributed by atoms with Crippen LogP contribution in [0.2, 0.25) is 0 Å². The minimum Gasteiger partial charge on any atom is -0.362 e. The number of amides is 1. The van der Waals surface area contributed by atoms with Crippen LogP contribution in [0.15, 0.2) is 24.3 Å². The average molecular weight is 233 g/mol. The van der Waals surface area contributed by atoms with Gasteiger partial charge in [-0.2, -0.15) is 0 Å². The number of anilines is 1. The Morgan fingerprint density at radius 3 is 2.94 bits per heavy atom. The first-order valence-electron chi connectivity index (χ1n) is 6.04. The Hall–Kier alpha value is -1.55. The van der Waals surface area contributed by atoms with Crippen molar-refractivity contribution in [1.82, 2.24) is 5.32 Å². The second kappa shape index (κ2) is 5.19. The normalized spacial score (nSPS) is 18.5. The van der Waals surface area contributed by atoms with Crippen molar-refractivity contribution < 1.29 is 4.79 Å². The third kappa shape index (κ3) is 2.77. The van der Waals surface area contributed by atoms with Crippen molar-refractivity contribution in [1.29, 1.82) is 0 Å². The van der Waals surface area contributed by atoms with Crippen LogP contribution in [-0.4, -0.2) is 25.5 Å². The summed E-state index contributed by atoms with van der Waals surface area (Å²) < 4.78 is 0. The van der Waals surface area contributed by atoms with Crippen LogP contribution in [0.3, 0.4) is 0 Å². The molecular weight excluding hydrogens is 214 g/mol. The molecular formula is C13H19N3O. The first-order chi connectivity index (χ1) is 8.18. The van der Waals surface area contributed by atoms with Crippen molar-refractivity contribution in [2.24, 2.45) is 5.73 Å². The fraction of sp³-hybridized carbons (Fsp3) is 0.462. The van der Waals surface area contributed by atoms with Crippen molar-refractivity contribution in [2.45, 2.75) is 19.4 Å². The summed E-state index contributed by atoms with van der Waals surface area (Å²) in [5.74, 6) is 0.0852. The molecule has 1 aliphatic rings. The van der Waals surface area contributed by atoms with Crippen LogP contribution >= 0.6 is 0 Å². The number of rotatable bonds is 2. The van der Waals surface area contributed by atoms with Gasteiger partial charge in [0.05, 0.1) is 6.54 Å². The molecule has 3 N–H and O–H groups in total. The molecule has 0 spiro atoms. The highest BCUT2D eigenvalue weighted by Crippen LogP contribution is 2.25. The highest BCUT2D eigenvalue weighted by Gasteiger charge is 2.18. The van der Waals surface area contributed by atoms with Crippen molar-refractivity contribution in [3.8, 4) is 0 Å². The zero-order valence-electron chi connectivity index (χ0n) is 10.1. The van der Waals surface area contributed by atoms with Crippen molar-refractivity contribution in [3.63, 3.8) is 0 Å². The lowest BCUT2D eigenvalue weighted by molar-refractivity contribution is -0.119. The van der Waals surface area contributed by atoms with Crippen LogP contribution in [0.5, 0.6) is 0 Å². The van der Waals surface area contributed by atoms with E-state index in [4.69, 9.17) is 5.73 Å². The van der Waals surface area contributed by atoms with Gasteiger partial charge in [0.25, 0.3) is 0 Å². The van der Waals surface area contributed by atoms with E-state index in [0.717, 1.165) is 30.8 Å². The Balaban J connectivity index is 2.28. The van der Waals surface area contributed by atoms with E-state index in [-0.39, 0.29) is 11.9 Å². The van der Waals surface area contributed by atoms with Gasteiger partial charge in [0.2, 0.25) is 5.91 Å². The second-order valence-corrected chi connectivity index (χ2v) is 4.47. The molecule has 1 atom stereocenters. The SMILES string of the molecule is C[C@@H](N)c1ccccc1N1CCCNC(=O)C1. The van der Waals surface area contributed by atoms with Crippen LogP contribution in [0.1, 0.15) is 24.9 Å². The Kier molecular flexibility index (Phi) is 3.64. The zero-order chi connectivity index (χ0) is 12.3. The van der Waals surface area contributed by atoms with E-state index >= 15 is 0 Å². The molecule has 92 valence electrons. The topological polar surface area (TPSA) is 58.4 Å². The van der Waals surface area contributed by atoms with Crippen LogP contribution < -0.4 is 16.0 Å². The van der Waals surface area contributed by atoms with Crippen LogP contribution in [0.25, 0.3) is 0 Å². The fourth-order valence-corrected chi connectivity index (χ4v) is 2.17. The minimum absolute atomic E-state index is 0.0162. The predicted molar refractivity (Wildman–Crippen MR) is 68.9 cm³/mol. The third-order valence-electron chi connectivity index (χ3n) is 3.03. The van der Waals surface area contributed by atoms with Gasteiger partial charge in [0.15, 0.2) is 0 Å². The number of nitrogens with two attached hydrogens (primary N) is 1. The van der Waals surface area contributed by atoms with E-state index in [1.807, 2.05) is 31.2 Å². The summed E-state index contributed by atoms with van der Waals surface area (Å²) in [5.41, 5.74) is 8.15. The zero-order valence-corrected chi connectivity index (χ0v) is 10.1. The van der Waals surface area contributed by atoms with Gasteiger partial charge in [0.1, 0.15) is 0 Å². The molecule has 1 aromatic carbocycles. The summed E-state index contributed by atoms with van der Waals surface area (Å²) in [6.45, 7) is 4.04. The first-order valence-corrected chi connectivity index (χ1v) is 6.04. The van der Waals surface area contributed by atoms with E-state index in [1.165, 1.54) is 0 Å². The van der Waals surface area contributed by atoms with E-state index in [2.05, 4.69) is 10.2 Å². The van der Waals surface area contributed by atoms with Gasteiger partial charge in [-0.3, -0.25) is 4.79 Å². The lowest BCUT2D eigenvalue weighted by Gasteiger charge is -2.25. The predicted octanol–water partition coefficient (Wildman–Crippen LogP) is 1.03. The number of nitrogens with zero attached hydrogens (tertiary/aromatic N) is 1. The molecule has 17 heavy (non-hydrogen) atoms. The molecule has 0 bridgehead atoms. The maximum atomic E-state index is 11.6. The maximum absolute atomic E-state index is 11.6. The van der Waals surface area contributed by atoms with Crippen molar-refractivity contribution in [2.75, 3.05) is 24.5 Å². The second-order valence-electron chi connectivity index (χ2n) is 4.47. The van der Waals surface area contributed by atoms with E-state index in [9.17, 15) is 4.79 Å². The fourth-order valence-electron chi connectivity index (χ4n) is 2.17. The number of para-hydroxylation sites is 1. The molecule has 1 aliphatic heterocycles. The minimum atomic E-state index is -0.0162. The van der Waals surface area contributed by atoms with Gasteiger partial charge in [-0.1, -0.05) is 18.2 Å². The lowest BCUT2D eigenvalue weighted by Crippen LogP contribution is -2.33. The monoisotopic (exact) mass is 233 g/mol. The summed E-state index contributed by atoms with van der Waals surface area (Å²) in [6, 6.07) is 8.03. The number of hydrogen-bond donors (Lipinski definition) is 2. The van der Waals surface area contributed by atoms with Crippen LogP contribution in [0, 0.1) is 0 Å². The Morgan fingerprint density at radius 2 is 2.18 bits per heavy atom. The van der Waals surface area contributed by atoms with Gasteiger partial charge >= 0.3 is 0 Å². The van der Waals surface area contributed by atoms with E-state index < -0.39 is 0 Å². The summed E-state index contributed by atoms with van der Waals surface area (Å²) in [6.07, 6.45) is 0.971. The summed E-state index contributed by atoms with van der Waals surface area (Å²) in [4.78, 5) is 13.7. The summed E-state index contributed by atoms with van der Waals surface area (Å²) >= 11 is 0. The number of benzene rings is 1. The Bertz CT molecular complexity index is 403. The third-order valence-corrected chi connectivity index (χ3v) is 3.03. The highest BCUT2D eigenvalue weighted by atomic mass is 16.2. The quantitative estimate of drug-likeness (QED) is 0.802. The molecule has 1 heterocycles. The van der Waals surface area contributed by atoms with E-state index in [0.29, 0.717) is 6.54 Å². The molecule has 0 aromatic heterocycles. The number of nitrogens with one attached hydrogen (secondary N) is 1. The molecule has 0 radical (unpaired) electrons. The molecule has 0 aliphatic carbocycles. The molecule has 1 saturated heterocycles. The lowest BCUT2D eigenvalue weighted by atomic mass is 10.1. The smallest absolute Gasteiger partial charge is 0.239 e. The average Bonchev–Trinajstić information content (AvgIpc) is 2.54. The van der Waals surface area contributed by atoms with Crippen molar-refractivity contribution in [3.05, 3.63) is 29.8 Å².